The Morgan fingerprint density at radius 2 is 1.65 bits per heavy atom. The molecule has 2 amide bonds. The van der Waals surface area contributed by atoms with E-state index in [-0.39, 0.29) is 23.4 Å². The molecule has 3 aromatic rings. The van der Waals surface area contributed by atoms with Crippen LogP contribution in [0.25, 0.3) is 10.8 Å². The third kappa shape index (κ3) is 7.01. The van der Waals surface area contributed by atoms with E-state index in [4.69, 9.17) is 4.74 Å². The number of rotatable bonds is 11. The number of fused-ring (bicyclic) bond motifs is 1. The number of nitrogens with one attached hydrogen (secondary N) is 1. The van der Waals surface area contributed by atoms with Gasteiger partial charge in [0.05, 0.1) is 18.6 Å². The maximum absolute atomic E-state index is 13.8. The molecule has 0 bridgehead atoms. The molecule has 8 nitrogen and oxygen atoms in total. The first-order valence-electron chi connectivity index (χ1n) is 13.9. The van der Waals surface area contributed by atoms with Gasteiger partial charge in [-0.2, -0.15) is 4.31 Å². The van der Waals surface area contributed by atoms with Gasteiger partial charge in [0.1, 0.15) is 11.8 Å². The van der Waals surface area contributed by atoms with Crippen LogP contribution < -0.4 is 10.1 Å². The summed E-state index contributed by atoms with van der Waals surface area (Å²) in [4.78, 5) is 28.9. The predicted molar refractivity (Wildman–Crippen MR) is 156 cm³/mol. The Morgan fingerprint density at radius 1 is 0.975 bits per heavy atom. The highest BCUT2D eigenvalue weighted by Gasteiger charge is 2.33. The predicted octanol–water partition coefficient (Wildman–Crippen LogP) is 4.73. The van der Waals surface area contributed by atoms with E-state index in [0.29, 0.717) is 12.2 Å². The molecule has 0 saturated heterocycles. The molecule has 1 aliphatic carbocycles. The van der Waals surface area contributed by atoms with Crippen molar-refractivity contribution >= 4 is 32.6 Å². The van der Waals surface area contributed by atoms with Crippen LogP contribution in [0.4, 0.5) is 0 Å². The molecule has 0 aromatic heterocycles. The van der Waals surface area contributed by atoms with Gasteiger partial charge in [0, 0.05) is 19.6 Å². The van der Waals surface area contributed by atoms with Gasteiger partial charge < -0.3 is 15.0 Å². The summed E-state index contributed by atoms with van der Waals surface area (Å²) in [6.07, 6.45) is 5.59. The quantitative estimate of drug-likeness (QED) is 0.363. The molecule has 0 radical (unpaired) electrons. The maximum Gasteiger partial charge on any atom is 0.243 e. The Labute approximate surface area is 237 Å². The van der Waals surface area contributed by atoms with E-state index in [9.17, 15) is 18.0 Å². The van der Waals surface area contributed by atoms with Crippen LogP contribution in [0.15, 0.2) is 71.6 Å². The molecule has 1 atom stereocenters. The summed E-state index contributed by atoms with van der Waals surface area (Å²) >= 11 is 0. The second kappa shape index (κ2) is 13.3. The number of likely N-dealkylation sites (N-methyl/N-ethyl adjacent to an activating group) is 1. The lowest BCUT2D eigenvalue weighted by Crippen LogP contribution is -2.53. The van der Waals surface area contributed by atoms with Crippen LogP contribution in [-0.2, 0) is 26.2 Å². The first-order chi connectivity index (χ1) is 19.2. The van der Waals surface area contributed by atoms with E-state index in [1.54, 1.807) is 37.4 Å². The van der Waals surface area contributed by atoms with Gasteiger partial charge in [-0.25, -0.2) is 8.42 Å². The van der Waals surface area contributed by atoms with Gasteiger partial charge in [-0.15, -0.1) is 0 Å². The Hall–Kier alpha value is -3.43. The average molecular weight is 566 g/mol. The third-order valence-corrected chi connectivity index (χ3v) is 9.44. The summed E-state index contributed by atoms with van der Waals surface area (Å²) in [6.45, 7) is 1.65. The number of methoxy groups -OCH3 is 1. The van der Waals surface area contributed by atoms with E-state index in [1.165, 1.54) is 18.4 Å². The van der Waals surface area contributed by atoms with E-state index in [0.717, 1.165) is 46.3 Å². The minimum absolute atomic E-state index is 0.101. The maximum atomic E-state index is 13.8. The molecule has 0 heterocycles. The van der Waals surface area contributed by atoms with Crippen molar-refractivity contribution < 1.29 is 22.7 Å². The number of amides is 2. The van der Waals surface area contributed by atoms with Gasteiger partial charge >= 0.3 is 0 Å². The second-order valence-electron chi connectivity index (χ2n) is 10.4. The topological polar surface area (TPSA) is 96.0 Å². The van der Waals surface area contributed by atoms with Gasteiger partial charge in [-0.1, -0.05) is 68.7 Å². The summed E-state index contributed by atoms with van der Waals surface area (Å²) in [7, 11) is -0.965. The normalized spacial score (nSPS) is 15.1. The molecule has 1 aliphatic rings. The Morgan fingerprint density at radius 3 is 2.30 bits per heavy atom. The molecule has 0 aliphatic heterocycles. The van der Waals surface area contributed by atoms with Crippen molar-refractivity contribution in [3.8, 4) is 5.75 Å². The summed E-state index contributed by atoms with van der Waals surface area (Å²) in [6, 6.07) is 19.1. The van der Waals surface area contributed by atoms with Crippen LogP contribution in [0.3, 0.4) is 0 Å². The van der Waals surface area contributed by atoms with Crippen LogP contribution in [0.1, 0.15) is 51.0 Å². The fraction of sp³-hybridized carbons (Fsp3) is 0.419. The summed E-state index contributed by atoms with van der Waals surface area (Å²) in [5.41, 5.74) is 0.818. The average Bonchev–Trinajstić information content (AvgIpc) is 2.97. The third-order valence-electron chi connectivity index (χ3n) is 7.64. The standard InChI is InChI=1S/C31H39N3O5S/c1-4-29(31(36)32-26-12-6-5-7-13-26)34(21-23-14-17-27(39-3)18-15-23)30(35)22-33(2)40(37,38)28-19-16-24-10-8-9-11-25(24)20-28/h8-11,14-20,26,29H,4-7,12-13,21-22H2,1-3H3,(H,32,36). The second-order valence-corrected chi connectivity index (χ2v) is 12.5. The SMILES string of the molecule is CCC(C(=O)NC1CCCCC1)N(Cc1ccc(OC)cc1)C(=O)CN(C)S(=O)(=O)c1ccc2ccccc2c1. The number of carbonyl (C=O) groups is 2. The van der Waals surface area contributed by atoms with Gasteiger partial charge in [-0.05, 0) is 59.9 Å². The lowest BCUT2D eigenvalue weighted by atomic mass is 9.95. The van der Waals surface area contributed by atoms with Crippen molar-refractivity contribution in [2.75, 3.05) is 20.7 Å². The summed E-state index contributed by atoms with van der Waals surface area (Å²) in [5.74, 6) is 0.0505. The fourth-order valence-electron chi connectivity index (χ4n) is 5.27. The van der Waals surface area contributed by atoms with Gasteiger partial charge in [0.15, 0.2) is 0 Å². The molecule has 3 aromatic carbocycles. The molecular weight excluding hydrogens is 526 g/mol. The van der Waals surface area contributed by atoms with Crippen molar-refractivity contribution in [1.29, 1.82) is 0 Å². The molecule has 4 rings (SSSR count). The summed E-state index contributed by atoms with van der Waals surface area (Å²) < 4.78 is 33.2. The van der Waals surface area contributed by atoms with Crippen molar-refractivity contribution in [2.24, 2.45) is 0 Å². The molecule has 9 heteroatoms. The monoisotopic (exact) mass is 565 g/mol. The minimum Gasteiger partial charge on any atom is -0.497 e. The van der Waals surface area contributed by atoms with E-state index >= 15 is 0 Å². The van der Waals surface area contributed by atoms with Gasteiger partial charge in [0.25, 0.3) is 0 Å². The first kappa shape index (κ1) is 29.6. The van der Waals surface area contributed by atoms with Crippen LogP contribution in [0.5, 0.6) is 5.75 Å². The van der Waals surface area contributed by atoms with E-state index in [1.807, 2.05) is 43.3 Å². The molecule has 1 saturated carbocycles. The zero-order chi connectivity index (χ0) is 28.7. The highest BCUT2D eigenvalue weighted by atomic mass is 32.2. The van der Waals surface area contributed by atoms with Gasteiger partial charge in [-0.3, -0.25) is 9.59 Å². The molecule has 40 heavy (non-hydrogen) atoms. The van der Waals surface area contributed by atoms with Crippen molar-refractivity contribution in [3.63, 3.8) is 0 Å². The number of hydrogen-bond acceptors (Lipinski definition) is 5. The largest absolute Gasteiger partial charge is 0.497 e. The van der Waals surface area contributed by atoms with Crippen LogP contribution >= 0.6 is 0 Å². The number of benzene rings is 3. The molecule has 1 unspecified atom stereocenters. The highest BCUT2D eigenvalue weighted by Crippen LogP contribution is 2.23. The van der Waals surface area contributed by atoms with Gasteiger partial charge in [0.2, 0.25) is 21.8 Å². The number of carbonyl (C=O) groups excluding carboxylic acids is 2. The Bertz CT molecular complexity index is 1420. The number of sulfonamides is 1. The minimum atomic E-state index is -3.95. The summed E-state index contributed by atoms with van der Waals surface area (Å²) in [5, 5.41) is 4.88. The van der Waals surface area contributed by atoms with Crippen LogP contribution in [-0.4, -0.2) is 62.2 Å². The zero-order valence-corrected chi connectivity index (χ0v) is 24.3. The fourth-order valence-corrected chi connectivity index (χ4v) is 6.42. The smallest absolute Gasteiger partial charge is 0.243 e. The van der Waals surface area contributed by atoms with Crippen molar-refractivity contribution in [2.45, 2.75) is 69.0 Å². The van der Waals surface area contributed by atoms with E-state index < -0.39 is 28.5 Å². The molecule has 1 fully saturated rings. The van der Waals surface area contributed by atoms with Crippen molar-refractivity contribution in [1.82, 2.24) is 14.5 Å². The molecular formula is C31H39N3O5S. The first-order valence-corrected chi connectivity index (χ1v) is 15.3. The molecule has 0 spiro atoms. The number of hydrogen-bond donors (Lipinski definition) is 1. The zero-order valence-electron chi connectivity index (χ0n) is 23.5. The van der Waals surface area contributed by atoms with Crippen molar-refractivity contribution in [3.05, 3.63) is 72.3 Å². The lowest BCUT2D eigenvalue weighted by Gasteiger charge is -2.33. The Kier molecular flexibility index (Phi) is 9.81. The molecule has 1 N–H and O–H groups in total. The molecule has 214 valence electrons. The van der Waals surface area contributed by atoms with Crippen LogP contribution in [0.2, 0.25) is 0 Å². The number of ether oxygens (including phenoxy) is 1. The lowest BCUT2D eigenvalue weighted by molar-refractivity contribution is -0.141. The number of nitrogens with zero attached hydrogens (tertiary/aromatic N) is 2. The highest BCUT2D eigenvalue weighted by molar-refractivity contribution is 7.89. The Balaban J connectivity index is 1.57. The van der Waals surface area contributed by atoms with E-state index in [2.05, 4.69) is 5.32 Å². The van der Waals surface area contributed by atoms with Crippen LogP contribution in [0, 0.1) is 0 Å².